The Balaban J connectivity index is 2.39. The van der Waals surface area contributed by atoms with E-state index < -0.39 is 0 Å². The van der Waals surface area contributed by atoms with Crippen LogP contribution in [0, 0.1) is 25.6 Å². The van der Waals surface area contributed by atoms with E-state index in [0.29, 0.717) is 17.0 Å². The maximum atomic E-state index is 13.6. The third-order valence-electron chi connectivity index (χ3n) is 3.37. The minimum atomic E-state index is -0.224. The highest BCUT2D eigenvalue weighted by molar-refractivity contribution is 5.79. The van der Waals surface area contributed by atoms with Gasteiger partial charge in [0.25, 0.3) is 0 Å². The molecule has 1 aliphatic rings. The summed E-state index contributed by atoms with van der Waals surface area (Å²) in [4.78, 5) is 11.8. The van der Waals surface area contributed by atoms with Gasteiger partial charge in [-0.2, -0.15) is 0 Å². The van der Waals surface area contributed by atoms with Gasteiger partial charge in [0, 0.05) is 0 Å². The van der Waals surface area contributed by atoms with Gasteiger partial charge in [-0.05, 0) is 49.3 Å². The van der Waals surface area contributed by atoms with Crippen LogP contribution >= 0.6 is 0 Å². The molecular weight excluding hydrogens is 219 g/mol. The first kappa shape index (κ1) is 12.1. The number of hydrogen-bond acceptors (Lipinski definition) is 2. The molecule has 0 aliphatic heterocycles. The molecule has 1 atom stereocenters. The van der Waals surface area contributed by atoms with Crippen molar-refractivity contribution >= 4 is 5.97 Å². The SMILES string of the molecule is COC(=O)C(c1cc(C)c(F)c(C)c1)C1CC1. The number of esters is 1. The lowest BCUT2D eigenvalue weighted by atomic mass is 9.91. The molecule has 0 saturated heterocycles. The summed E-state index contributed by atoms with van der Waals surface area (Å²) in [5, 5.41) is 0. The summed E-state index contributed by atoms with van der Waals surface area (Å²) in [5.41, 5.74) is 2.07. The fourth-order valence-corrected chi connectivity index (χ4v) is 2.32. The molecule has 0 bridgehead atoms. The summed E-state index contributed by atoms with van der Waals surface area (Å²) >= 11 is 0. The molecule has 2 rings (SSSR count). The van der Waals surface area contributed by atoms with Crippen LogP contribution in [-0.2, 0) is 9.53 Å². The van der Waals surface area contributed by atoms with Gasteiger partial charge < -0.3 is 4.74 Å². The van der Waals surface area contributed by atoms with Crippen LogP contribution in [0.4, 0.5) is 4.39 Å². The van der Waals surface area contributed by atoms with E-state index >= 15 is 0 Å². The van der Waals surface area contributed by atoms with E-state index in [0.717, 1.165) is 18.4 Å². The van der Waals surface area contributed by atoms with Crippen molar-refractivity contribution in [1.29, 1.82) is 0 Å². The van der Waals surface area contributed by atoms with Crippen molar-refractivity contribution in [2.45, 2.75) is 32.6 Å². The number of ether oxygens (including phenoxy) is 1. The fourth-order valence-electron chi connectivity index (χ4n) is 2.32. The Labute approximate surface area is 101 Å². The van der Waals surface area contributed by atoms with E-state index in [2.05, 4.69) is 0 Å². The second kappa shape index (κ2) is 4.47. The number of halogens is 1. The highest BCUT2D eigenvalue weighted by atomic mass is 19.1. The molecule has 0 heterocycles. The van der Waals surface area contributed by atoms with Crippen molar-refractivity contribution in [3.8, 4) is 0 Å². The van der Waals surface area contributed by atoms with E-state index in [1.54, 1.807) is 26.0 Å². The Kier molecular flexibility index (Phi) is 3.18. The summed E-state index contributed by atoms with van der Waals surface area (Å²) in [6.07, 6.45) is 2.10. The topological polar surface area (TPSA) is 26.3 Å². The lowest BCUT2D eigenvalue weighted by Gasteiger charge is -2.16. The van der Waals surface area contributed by atoms with Crippen LogP contribution < -0.4 is 0 Å². The zero-order valence-corrected chi connectivity index (χ0v) is 10.4. The largest absolute Gasteiger partial charge is 0.469 e. The smallest absolute Gasteiger partial charge is 0.313 e. The van der Waals surface area contributed by atoms with E-state index in [4.69, 9.17) is 4.74 Å². The van der Waals surface area contributed by atoms with E-state index in [-0.39, 0.29) is 17.7 Å². The number of carbonyl (C=O) groups is 1. The lowest BCUT2D eigenvalue weighted by molar-refractivity contribution is -0.143. The third-order valence-corrected chi connectivity index (χ3v) is 3.37. The molecule has 1 unspecified atom stereocenters. The Hall–Kier alpha value is -1.38. The van der Waals surface area contributed by atoms with E-state index in [1.807, 2.05) is 0 Å². The first-order valence-corrected chi connectivity index (χ1v) is 5.89. The standard InChI is InChI=1S/C14H17FO2/c1-8-6-11(7-9(2)13(8)15)12(10-4-5-10)14(16)17-3/h6-7,10,12H,4-5H2,1-3H3. The molecule has 1 fully saturated rings. The molecule has 0 aromatic heterocycles. The van der Waals surface area contributed by atoms with Crippen molar-refractivity contribution < 1.29 is 13.9 Å². The molecule has 1 aliphatic carbocycles. The first-order chi connectivity index (χ1) is 8.04. The van der Waals surface area contributed by atoms with Gasteiger partial charge in [0.1, 0.15) is 5.82 Å². The van der Waals surface area contributed by atoms with Crippen LogP contribution in [0.25, 0.3) is 0 Å². The van der Waals surface area contributed by atoms with Crippen molar-refractivity contribution in [2.24, 2.45) is 5.92 Å². The molecule has 1 saturated carbocycles. The number of carbonyl (C=O) groups excluding carboxylic acids is 1. The average Bonchev–Trinajstić information content (AvgIpc) is 3.10. The average molecular weight is 236 g/mol. The van der Waals surface area contributed by atoms with Gasteiger partial charge in [0.2, 0.25) is 0 Å². The van der Waals surface area contributed by atoms with Crippen LogP contribution in [-0.4, -0.2) is 13.1 Å². The molecule has 3 heteroatoms. The van der Waals surface area contributed by atoms with Gasteiger partial charge in [-0.15, -0.1) is 0 Å². The summed E-state index contributed by atoms with van der Waals surface area (Å²) < 4.78 is 18.4. The van der Waals surface area contributed by atoms with Crippen molar-refractivity contribution in [3.63, 3.8) is 0 Å². The molecule has 92 valence electrons. The van der Waals surface area contributed by atoms with Gasteiger partial charge in [0.05, 0.1) is 13.0 Å². The zero-order chi connectivity index (χ0) is 12.6. The Morgan fingerprint density at radius 1 is 1.35 bits per heavy atom. The van der Waals surface area contributed by atoms with Gasteiger partial charge in [-0.1, -0.05) is 12.1 Å². The maximum Gasteiger partial charge on any atom is 0.313 e. The molecule has 0 radical (unpaired) electrons. The van der Waals surface area contributed by atoms with Crippen molar-refractivity contribution in [2.75, 3.05) is 7.11 Å². The van der Waals surface area contributed by atoms with Crippen LogP contribution in [0.5, 0.6) is 0 Å². The Morgan fingerprint density at radius 3 is 2.29 bits per heavy atom. The molecule has 0 spiro atoms. The Bertz CT molecular complexity index is 427. The molecular formula is C14H17FO2. The minimum absolute atomic E-state index is 0.187. The Morgan fingerprint density at radius 2 is 1.88 bits per heavy atom. The second-order valence-corrected chi connectivity index (χ2v) is 4.81. The van der Waals surface area contributed by atoms with Gasteiger partial charge in [-0.25, -0.2) is 4.39 Å². The molecule has 2 nitrogen and oxygen atoms in total. The lowest BCUT2D eigenvalue weighted by Crippen LogP contribution is -2.16. The molecule has 0 amide bonds. The van der Waals surface area contributed by atoms with Crippen LogP contribution in [0.15, 0.2) is 12.1 Å². The summed E-state index contributed by atoms with van der Waals surface area (Å²) in [6.45, 7) is 3.46. The van der Waals surface area contributed by atoms with Gasteiger partial charge in [-0.3, -0.25) is 4.79 Å². The number of aryl methyl sites for hydroxylation is 2. The van der Waals surface area contributed by atoms with Crippen LogP contribution in [0.3, 0.4) is 0 Å². The first-order valence-electron chi connectivity index (χ1n) is 5.89. The monoisotopic (exact) mass is 236 g/mol. The number of rotatable bonds is 3. The number of hydrogen-bond donors (Lipinski definition) is 0. The van der Waals surface area contributed by atoms with E-state index in [1.165, 1.54) is 7.11 Å². The van der Waals surface area contributed by atoms with Crippen LogP contribution in [0.2, 0.25) is 0 Å². The van der Waals surface area contributed by atoms with Crippen molar-refractivity contribution in [1.82, 2.24) is 0 Å². The van der Waals surface area contributed by atoms with Gasteiger partial charge in [0.15, 0.2) is 0 Å². The quantitative estimate of drug-likeness (QED) is 0.754. The molecule has 1 aromatic rings. The molecule has 17 heavy (non-hydrogen) atoms. The molecule has 1 aromatic carbocycles. The van der Waals surface area contributed by atoms with E-state index in [9.17, 15) is 9.18 Å². The summed E-state index contributed by atoms with van der Waals surface area (Å²) in [5.74, 6) is -0.254. The summed E-state index contributed by atoms with van der Waals surface area (Å²) in [7, 11) is 1.40. The van der Waals surface area contributed by atoms with Crippen molar-refractivity contribution in [3.05, 3.63) is 34.6 Å². The predicted molar refractivity (Wildman–Crippen MR) is 63.4 cm³/mol. The molecule has 0 N–H and O–H groups in total. The highest BCUT2D eigenvalue weighted by Crippen LogP contribution is 2.43. The van der Waals surface area contributed by atoms with Gasteiger partial charge >= 0.3 is 5.97 Å². The second-order valence-electron chi connectivity index (χ2n) is 4.81. The predicted octanol–water partition coefficient (Wildman–Crippen LogP) is 3.11. The third kappa shape index (κ3) is 2.33. The minimum Gasteiger partial charge on any atom is -0.469 e. The fraction of sp³-hybridized carbons (Fsp3) is 0.500. The zero-order valence-electron chi connectivity index (χ0n) is 10.4. The highest BCUT2D eigenvalue weighted by Gasteiger charge is 2.38. The maximum absolute atomic E-state index is 13.6. The normalized spacial score (nSPS) is 16.7. The number of benzene rings is 1. The number of methoxy groups -OCH3 is 1. The summed E-state index contributed by atoms with van der Waals surface area (Å²) in [6, 6.07) is 3.53. The van der Waals surface area contributed by atoms with Crippen LogP contribution in [0.1, 0.15) is 35.4 Å².